The number of benzene rings is 2. The highest BCUT2D eigenvalue weighted by atomic mass is 35.5. The molecule has 0 atom stereocenters. The molecule has 0 amide bonds. The van der Waals surface area contributed by atoms with E-state index in [0.29, 0.717) is 16.7 Å². The first kappa shape index (κ1) is 16.7. The molecule has 0 spiro atoms. The predicted molar refractivity (Wildman–Crippen MR) is 86.2 cm³/mol. The summed E-state index contributed by atoms with van der Waals surface area (Å²) in [6.45, 7) is 0. The lowest BCUT2D eigenvalue weighted by Crippen LogP contribution is -1.94. The molecule has 108 valence electrons. The molecular weight excluding hydrogens is 378 g/mol. The second-order valence-electron chi connectivity index (χ2n) is 4.08. The van der Waals surface area contributed by atoms with Crippen molar-refractivity contribution in [1.29, 1.82) is 5.26 Å². The molecule has 0 aromatic heterocycles. The van der Waals surface area contributed by atoms with Crippen LogP contribution in [0.3, 0.4) is 0 Å². The van der Waals surface area contributed by atoms with E-state index < -0.39 is 5.82 Å². The normalized spacial score (nSPS) is 10.5. The molecule has 0 radical (unpaired) electrons. The maximum Gasteiger partial charge on any atom is 0.123 e. The van der Waals surface area contributed by atoms with Gasteiger partial charge in [0.05, 0.1) is 37.6 Å². The summed E-state index contributed by atoms with van der Waals surface area (Å²) < 4.78 is 13.4. The number of halogens is 6. The minimum atomic E-state index is -0.470. The smallest absolute Gasteiger partial charge is 0.123 e. The Kier molecular flexibility index (Phi) is 5.24. The molecule has 0 heterocycles. The number of hydrogen-bond donors (Lipinski definition) is 0. The van der Waals surface area contributed by atoms with Gasteiger partial charge in [-0.25, -0.2) is 4.39 Å². The van der Waals surface area contributed by atoms with E-state index in [2.05, 4.69) is 0 Å². The molecule has 2 aromatic carbocycles. The Morgan fingerprint density at radius 3 is 1.95 bits per heavy atom. The quantitative estimate of drug-likeness (QED) is 0.412. The Hall–Kier alpha value is -0.690. The summed E-state index contributed by atoms with van der Waals surface area (Å²) in [6.07, 6.45) is -0.0163. The monoisotopic (exact) mass is 381 g/mol. The van der Waals surface area contributed by atoms with Gasteiger partial charge < -0.3 is 0 Å². The summed E-state index contributed by atoms with van der Waals surface area (Å²) in [7, 11) is 0. The van der Waals surface area contributed by atoms with Crippen LogP contribution in [0.15, 0.2) is 18.2 Å². The molecular formula is C14H5Cl5FN. The molecule has 0 aliphatic rings. The molecule has 0 N–H and O–H groups in total. The SMILES string of the molecule is N#CCc1cc(F)ccc1-c1c(Cl)c(Cl)c(Cl)c(Cl)c1Cl. The summed E-state index contributed by atoms with van der Waals surface area (Å²) in [6, 6.07) is 5.90. The second kappa shape index (κ2) is 6.60. The van der Waals surface area contributed by atoms with Gasteiger partial charge in [0.25, 0.3) is 0 Å². The van der Waals surface area contributed by atoms with E-state index in [1.807, 2.05) is 6.07 Å². The van der Waals surface area contributed by atoms with Gasteiger partial charge in [-0.2, -0.15) is 5.26 Å². The number of hydrogen-bond acceptors (Lipinski definition) is 1. The summed E-state index contributed by atoms with van der Waals surface area (Å²) >= 11 is 30.3. The maximum absolute atomic E-state index is 13.4. The Morgan fingerprint density at radius 1 is 0.905 bits per heavy atom. The molecule has 0 aliphatic carbocycles. The van der Waals surface area contributed by atoms with E-state index in [9.17, 15) is 4.39 Å². The van der Waals surface area contributed by atoms with Crippen molar-refractivity contribution < 1.29 is 4.39 Å². The van der Waals surface area contributed by atoms with E-state index in [1.165, 1.54) is 18.2 Å². The highest BCUT2D eigenvalue weighted by Gasteiger charge is 2.22. The Labute approximate surface area is 145 Å². The van der Waals surface area contributed by atoms with Crippen LogP contribution in [-0.4, -0.2) is 0 Å². The third kappa shape index (κ3) is 3.08. The standard InChI is InChI=1S/C14H5Cl5FN/c15-10-9(11(16)13(18)14(19)12(10)17)8-2-1-7(20)5-6(8)3-4-21/h1-2,5H,3H2. The van der Waals surface area contributed by atoms with Gasteiger partial charge in [-0.05, 0) is 23.3 Å². The van der Waals surface area contributed by atoms with Crippen molar-refractivity contribution in [2.24, 2.45) is 0 Å². The summed E-state index contributed by atoms with van der Waals surface area (Å²) in [4.78, 5) is 0. The fourth-order valence-electron chi connectivity index (χ4n) is 1.88. The lowest BCUT2D eigenvalue weighted by molar-refractivity contribution is 0.626. The zero-order valence-electron chi connectivity index (χ0n) is 10.2. The number of rotatable bonds is 2. The summed E-state index contributed by atoms with van der Waals surface area (Å²) in [5.74, 6) is -0.470. The number of nitrogens with zero attached hydrogens (tertiary/aromatic N) is 1. The summed E-state index contributed by atoms with van der Waals surface area (Å²) in [5, 5.41) is 9.20. The van der Waals surface area contributed by atoms with Gasteiger partial charge in [-0.1, -0.05) is 64.1 Å². The van der Waals surface area contributed by atoms with Crippen LogP contribution in [0.25, 0.3) is 11.1 Å². The van der Waals surface area contributed by atoms with Gasteiger partial charge in [-0.3, -0.25) is 0 Å². The highest BCUT2D eigenvalue weighted by Crippen LogP contribution is 2.48. The molecule has 0 unspecified atom stereocenters. The van der Waals surface area contributed by atoms with E-state index in [-0.39, 0.29) is 31.5 Å². The lowest BCUT2D eigenvalue weighted by atomic mass is 9.97. The van der Waals surface area contributed by atoms with E-state index >= 15 is 0 Å². The molecule has 0 bridgehead atoms. The highest BCUT2D eigenvalue weighted by molar-refractivity contribution is 6.56. The molecule has 1 nitrogen and oxygen atoms in total. The van der Waals surface area contributed by atoms with Crippen LogP contribution >= 0.6 is 58.0 Å². The van der Waals surface area contributed by atoms with Crippen molar-refractivity contribution >= 4 is 58.0 Å². The minimum absolute atomic E-state index is 0.0163. The molecule has 0 aliphatic heterocycles. The molecule has 2 aromatic rings. The van der Waals surface area contributed by atoms with Crippen LogP contribution in [0, 0.1) is 17.1 Å². The van der Waals surface area contributed by atoms with Crippen LogP contribution in [0.1, 0.15) is 5.56 Å². The molecule has 0 fully saturated rings. The Balaban J connectivity index is 2.83. The molecule has 7 heteroatoms. The van der Waals surface area contributed by atoms with Crippen molar-refractivity contribution in [3.63, 3.8) is 0 Å². The third-order valence-electron chi connectivity index (χ3n) is 2.82. The van der Waals surface area contributed by atoms with Crippen LogP contribution in [0.4, 0.5) is 4.39 Å². The Morgan fingerprint density at radius 2 is 1.43 bits per heavy atom. The lowest BCUT2D eigenvalue weighted by Gasteiger charge is -2.15. The number of nitriles is 1. The Bertz CT molecular complexity index is 738. The molecule has 0 saturated carbocycles. The average Bonchev–Trinajstić information content (AvgIpc) is 2.46. The van der Waals surface area contributed by atoms with E-state index in [0.717, 1.165) is 0 Å². The van der Waals surface area contributed by atoms with Crippen LogP contribution in [0.2, 0.25) is 25.1 Å². The molecule has 21 heavy (non-hydrogen) atoms. The predicted octanol–water partition coefficient (Wildman–Crippen LogP) is 6.83. The zero-order chi connectivity index (χ0) is 15.7. The van der Waals surface area contributed by atoms with Crippen molar-refractivity contribution in [2.45, 2.75) is 6.42 Å². The van der Waals surface area contributed by atoms with Gasteiger partial charge >= 0.3 is 0 Å². The average molecular weight is 383 g/mol. The molecule has 2 rings (SSSR count). The van der Waals surface area contributed by atoms with E-state index in [1.54, 1.807) is 0 Å². The zero-order valence-corrected chi connectivity index (χ0v) is 13.9. The van der Waals surface area contributed by atoms with Crippen LogP contribution in [0.5, 0.6) is 0 Å². The first-order valence-corrected chi connectivity index (χ1v) is 7.44. The van der Waals surface area contributed by atoms with Gasteiger partial charge in [0.2, 0.25) is 0 Å². The fraction of sp³-hybridized carbons (Fsp3) is 0.0714. The maximum atomic E-state index is 13.4. The second-order valence-corrected chi connectivity index (χ2v) is 5.97. The van der Waals surface area contributed by atoms with Crippen molar-refractivity contribution in [3.05, 3.63) is 54.7 Å². The van der Waals surface area contributed by atoms with Gasteiger partial charge in [-0.15, -0.1) is 0 Å². The van der Waals surface area contributed by atoms with E-state index in [4.69, 9.17) is 63.3 Å². The van der Waals surface area contributed by atoms with Crippen molar-refractivity contribution in [2.75, 3.05) is 0 Å². The van der Waals surface area contributed by atoms with Crippen molar-refractivity contribution in [1.82, 2.24) is 0 Å². The summed E-state index contributed by atoms with van der Waals surface area (Å²) in [5.41, 5.74) is 1.23. The topological polar surface area (TPSA) is 23.8 Å². The minimum Gasteiger partial charge on any atom is -0.207 e. The fourth-order valence-corrected chi connectivity index (χ4v) is 3.22. The van der Waals surface area contributed by atoms with Crippen LogP contribution < -0.4 is 0 Å². The largest absolute Gasteiger partial charge is 0.207 e. The third-order valence-corrected chi connectivity index (χ3v) is 5.09. The van der Waals surface area contributed by atoms with Crippen LogP contribution in [-0.2, 0) is 6.42 Å². The van der Waals surface area contributed by atoms with Gasteiger partial charge in [0, 0.05) is 5.56 Å². The van der Waals surface area contributed by atoms with Gasteiger partial charge in [0.1, 0.15) is 5.82 Å². The van der Waals surface area contributed by atoms with Gasteiger partial charge in [0.15, 0.2) is 0 Å². The molecule has 0 saturated heterocycles. The van der Waals surface area contributed by atoms with Crippen molar-refractivity contribution in [3.8, 4) is 17.2 Å². The first-order valence-electron chi connectivity index (χ1n) is 5.55. The first-order chi connectivity index (χ1) is 9.88.